The van der Waals surface area contributed by atoms with Gasteiger partial charge in [-0.2, -0.15) is 0 Å². The highest BCUT2D eigenvalue weighted by molar-refractivity contribution is 5.76. The zero-order valence-electron chi connectivity index (χ0n) is 13.1. The molecular weight excluding hydrogens is 298 g/mol. The highest BCUT2D eigenvalue weighted by Crippen LogP contribution is 2.42. The van der Waals surface area contributed by atoms with Gasteiger partial charge in [0.15, 0.2) is 0 Å². The highest BCUT2D eigenvalue weighted by Gasteiger charge is 2.53. The fourth-order valence-electron chi connectivity index (χ4n) is 3.68. The predicted molar refractivity (Wildman–Crippen MR) is 83.3 cm³/mol. The van der Waals surface area contributed by atoms with Gasteiger partial charge in [-0.3, -0.25) is 9.69 Å². The number of rotatable bonds is 6. The zero-order chi connectivity index (χ0) is 16.3. The van der Waals surface area contributed by atoms with Crippen LogP contribution in [0.1, 0.15) is 12.0 Å². The third-order valence-corrected chi connectivity index (χ3v) is 4.87. The molecule has 2 N–H and O–H groups in total. The average molecular weight is 321 g/mol. The van der Waals surface area contributed by atoms with Crippen molar-refractivity contribution in [2.45, 2.75) is 13.0 Å². The second kappa shape index (κ2) is 6.86. The normalized spacial score (nSPS) is 27.6. The molecule has 2 aliphatic heterocycles. The number of carboxylic acid groups (broad SMARTS) is 1. The number of hydrogen-bond donors (Lipinski definition) is 2. The maximum Gasteiger partial charge on any atom is 0.311 e. The Bertz CT molecular complexity index is 564. The largest absolute Gasteiger partial charge is 0.491 e. The van der Waals surface area contributed by atoms with Gasteiger partial charge < -0.3 is 19.7 Å². The van der Waals surface area contributed by atoms with Crippen LogP contribution in [0.2, 0.25) is 0 Å². The van der Waals surface area contributed by atoms with Gasteiger partial charge in [-0.25, -0.2) is 0 Å². The molecular formula is C17H23NO5. The van der Waals surface area contributed by atoms with Crippen molar-refractivity contribution in [3.63, 3.8) is 0 Å². The summed E-state index contributed by atoms with van der Waals surface area (Å²) >= 11 is 0. The summed E-state index contributed by atoms with van der Waals surface area (Å²) in [6.07, 6.45) is 0.586. The molecule has 0 bridgehead atoms. The van der Waals surface area contributed by atoms with E-state index in [0.717, 1.165) is 17.9 Å². The summed E-state index contributed by atoms with van der Waals surface area (Å²) < 4.78 is 10.9. The van der Waals surface area contributed by atoms with E-state index in [9.17, 15) is 9.90 Å². The van der Waals surface area contributed by atoms with Crippen LogP contribution >= 0.6 is 0 Å². The van der Waals surface area contributed by atoms with E-state index in [-0.39, 0.29) is 19.1 Å². The lowest BCUT2D eigenvalue weighted by molar-refractivity contribution is -0.157. The van der Waals surface area contributed by atoms with Crippen molar-refractivity contribution in [3.8, 4) is 5.75 Å². The van der Waals surface area contributed by atoms with Crippen molar-refractivity contribution in [1.82, 2.24) is 4.90 Å². The van der Waals surface area contributed by atoms with Gasteiger partial charge in [0.1, 0.15) is 12.4 Å². The quantitative estimate of drug-likeness (QED) is 0.813. The number of nitrogens with zero attached hydrogens (tertiary/aromatic N) is 1. The molecule has 0 unspecified atom stereocenters. The van der Waals surface area contributed by atoms with Crippen molar-refractivity contribution >= 4 is 5.97 Å². The van der Waals surface area contributed by atoms with Gasteiger partial charge in [-0.1, -0.05) is 12.1 Å². The third kappa shape index (κ3) is 3.34. The molecule has 3 rings (SSSR count). The van der Waals surface area contributed by atoms with E-state index >= 15 is 0 Å². The van der Waals surface area contributed by atoms with Gasteiger partial charge >= 0.3 is 5.97 Å². The van der Waals surface area contributed by atoms with Gasteiger partial charge in [0.2, 0.25) is 0 Å². The monoisotopic (exact) mass is 321 g/mol. The number of likely N-dealkylation sites (tertiary alicyclic amines) is 1. The first-order chi connectivity index (χ1) is 11.1. The molecule has 1 aromatic rings. The molecule has 6 nitrogen and oxygen atoms in total. The van der Waals surface area contributed by atoms with Crippen LogP contribution in [0.4, 0.5) is 0 Å². The molecule has 2 fully saturated rings. The molecule has 2 aliphatic rings. The Morgan fingerprint density at radius 1 is 1.48 bits per heavy atom. The Morgan fingerprint density at radius 3 is 3.09 bits per heavy atom. The SMILES string of the molecule is O=C(O)[C@]12CCOC[C@H]1CN(Cc1cccc(OCCO)c1)C2. The van der Waals surface area contributed by atoms with Crippen molar-refractivity contribution in [2.24, 2.45) is 11.3 Å². The summed E-state index contributed by atoms with van der Waals surface area (Å²) in [6.45, 7) is 3.32. The highest BCUT2D eigenvalue weighted by atomic mass is 16.5. The Hall–Kier alpha value is -1.63. The first-order valence-corrected chi connectivity index (χ1v) is 8.00. The number of aliphatic hydroxyl groups is 1. The summed E-state index contributed by atoms with van der Waals surface area (Å²) in [5, 5.41) is 18.5. The number of carboxylic acids is 1. The Kier molecular flexibility index (Phi) is 4.84. The van der Waals surface area contributed by atoms with Crippen LogP contribution in [0.5, 0.6) is 5.75 Å². The van der Waals surface area contributed by atoms with Gasteiger partial charge in [0.25, 0.3) is 0 Å². The topological polar surface area (TPSA) is 79.2 Å². The number of carbonyl (C=O) groups is 1. The lowest BCUT2D eigenvalue weighted by atomic mass is 9.74. The molecule has 0 radical (unpaired) electrons. The zero-order valence-corrected chi connectivity index (χ0v) is 13.1. The predicted octanol–water partition coefficient (Wildman–Crippen LogP) is 0.981. The first kappa shape index (κ1) is 16.2. The van der Waals surface area contributed by atoms with Crippen LogP contribution in [0.15, 0.2) is 24.3 Å². The third-order valence-electron chi connectivity index (χ3n) is 4.87. The van der Waals surface area contributed by atoms with E-state index < -0.39 is 11.4 Å². The minimum atomic E-state index is -0.701. The number of benzene rings is 1. The molecule has 0 saturated carbocycles. The van der Waals surface area contributed by atoms with Crippen LogP contribution in [-0.4, -0.2) is 60.6 Å². The van der Waals surface area contributed by atoms with Crippen LogP contribution in [0.3, 0.4) is 0 Å². The smallest absolute Gasteiger partial charge is 0.311 e. The van der Waals surface area contributed by atoms with Crippen molar-refractivity contribution in [2.75, 3.05) is 39.5 Å². The Morgan fingerprint density at radius 2 is 2.35 bits per heavy atom. The lowest BCUT2D eigenvalue weighted by Gasteiger charge is -2.34. The van der Waals surface area contributed by atoms with Crippen LogP contribution in [-0.2, 0) is 16.1 Å². The van der Waals surface area contributed by atoms with Crippen LogP contribution in [0, 0.1) is 11.3 Å². The number of fused-ring (bicyclic) bond motifs is 1. The fraction of sp³-hybridized carbons (Fsp3) is 0.588. The molecule has 2 heterocycles. The maximum absolute atomic E-state index is 11.8. The van der Waals surface area contributed by atoms with Crippen LogP contribution in [0.25, 0.3) is 0 Å². The minimum Gasteiger partial charge on any atom is -0.491 e. The number of hydrogen-bond acceptors (Lipinski definition) is 5. The maximum atomic E-state index is 11.8. The second-order valence-electron chi connectivity index (χ2n) is 6.37. The number of ether oxygens (including phenoxy) is 2. The lowest BCUT2D eigenvalue weighted by Crippen LogP contribution is -2.44. The van der Waals surface area contributed by atoms with Gasteiger partial charge in [-0.05, 0) is 24.1 Å². The van der Waals surface area contributed by atoms with Crippen LogP contribution < -0.4 is 4.74 Å². The minimum absolute atomic E-state index is 0.0147. The van der Waals surface area contributed by atoms with E-state index in [0.29, 0.717) is 32.7 Å². The molecule has 0 aromatic heterocycles. The molecule has 0 amide bonds. The van der Waals surface area contributed by atoms with E-state index in [1.54, 1.807) is 0 Å². The average Bonchev–Trinajstić information content (AvgIpc) is 2.92. The van der Waals surface area contributed by atoms with E-state index in [4.69, 9.17) is 14.6 Å². The van der Waals surface area contributed by atoms with E-state index in [1.165, 1.54) is 0 Å². The Labute approximate surface area is 135 Å². The number of aliphatic hydroxyl groups excluding tert-OH is 1. The van der Waals surface area contributed by atoms with Gasteiger partial charge in [-0.15, -0.1) is 0 Å². The molecule has 126 valence electrons. The van der Waals surface area contributed by atoms with Gasteiger partial charge in [0.05, 0.1) is 18.6 Å². The van der Waals surface area contributed by atoms with E-state index in [2.05, 4.69) is 4.90 Å². The van der Waals surface area contributed by atoms with Crippen molar-refractivity contribution in [3.05, 3.63) is 29.8 Å². The summed E-state index contributed by atoms with van der Waals surface area (Å²) in [5.74, 6) is 0.0837. The molecule has 2 saturated heterocycles. The molecule has 0 spiro atoms. The van der Waals surface area contributed by atoms with Crippen molar-refractivity contribution < 1.29 is 24.5 Å². The number of aliphatic carboxylic acids is 1. The Balaban J connectivity index is 1.68. The standard InChI is InChI=1S/C17H23NO5/c19-5-7-23-15-3-1-2-13(8-15)9-18-10-14-11-22-6-4-17(14,12-18)16(20)21/h1-3,8,14,19H,4-7,9-12H2,(H,20,21)/t14-,17+/m1/s1. The van der Waals surface area contributed by atoms with Gasteiger partial charge in [0, 0.05) is 32.2 Å². The molecule has 23 heavy (non-hydrogen) atoms. The molecule has 0 aliphatic carbocycles. The molecule has 2 atom stereocenters. The van der Waals surface area contributed by atoms with E-state index in [1.807, 2.05) is 24.3 Å². The fourth-order valence-corrected chi connectivity index (χ4v) is 3.68. The summed E-state index contributed by atoms with van der Waals surface area (Å²) in [5.41, 5.74) is 0.420. The first-order valence-electron chi connectivity index (χ1n) is 8.00. The molecule has 6 heteroatoms. The molecule has 1 aromatic carbocycles. The summed E-state index contributed by atoms with van der Waals surface area (Å²) in [7, 11) is 0. The second-order valence-corrected chi connectivity index (χ2v) is 6.37. The summed E-state index contributed by atoms with van der Waals surface area (Å²) in [4.78, 5) is 14.0. The summed E-state index contributed by atoms with van der Waals surface area (Å²) in [6, 6.07) is 7.73. The van der Waals surface area contributed by atoms with Crippen molar-refractivity contribution in [1.29, 1.82) is 0 Å².